The van der Waals surface area contributed by atoms with E-state index in [2.05, 4.69) is 24.8 Å². The molecule has 3 nitrogen and oxygen atoms in total. The molecule has 0 saturated heterocycles. The number of rotatable bonds is 8. The lowest BCUT2D eigenvalue weighted by Crippen LogP contribution is -2.27. The van der Waals surface area contributed by atoms with Crippen LogP contribution >= 0.6 is 0 Å². The molecule has 0 heterocycles. The van der Waals surface area contributed by atoms with Crippen molar-refractivity contribution in [1.82, 2.24) is 4.90 Å². The molecule has 24 heavy (non-hydrogen) atoms. The molecule has 2 rings (SSSR count). The number of para-hydroxylation sites is 1. The van der Waals surface area contributed by atoms with Gasteiger partial charge >= 0.3 is 0 Å². The first-order chi connectivity index (χ1) is 11.8. The maximum atomic E-state index is 9.48. The van der Waals surface area contributed by atoms with Crippen LogP contribution in [0.1, 0.15) is 25.0 Å². The van der Waals surface area contributed by atoms with E-state index in [0.717, 1.165) is 36.5 Å². The van der Waals surface area contributed by atoms with Crippen molar-refractivity contribution < 1.29 is 4.74 Å². The second-order valence-electron chi connectivity index (χ2n) is 5.45. The van der Waals surface area contributed by atoms with Crippen LogP contribution in [0.4, 0.5) is 0 Å². The molecule has 0 bridgehead atoms. The lowest BCUT2D eigenvalue weighted by molar-refractivity contribution is 0.222. The largest absolute Gasteiger partial charge is 0.492 e. The molecule has 0 atom stereocenters. The second kappa shape index (κ2) is 9.54. The van der Waals surface area contributed by atoms with Crippen LogP contribution < -0.4 is 4.74 Å². The summed E-state index contributed by atoms with van der Waals surface area (Å²) in [6.45, 7) is 7.88. The smallest absolute Gasteiger partial charge is 0.126 e. The van der Waals surface area contributed by atoms with Crippen molar-refractivity contribution in [3.05, 3.63) is 65.7 Å². The molecule has 0 fully saturated rings. The van der Waals surface area contributed by atoms with Gasteiger partial charge in [0.1, 0.15) is 12.4 Å². The molecule has 0 unspecified atom stereocenters. The Kier molecular flexibility index (Phi) is 7.07. The van der Waals surface area contributed by atoms with Gasteiger partial charge in [-0.25, -0.2) is 0 Å². The highest BCUT2D eigenvalue weighted by Gasteiger charge is 2.06. The van der Waals surface area contributed by atoms with Crippen molar-refractivity contribution >= 4 is 11.6 Å². The number of benzene rings is 2. The zero-order chi connectivity index (χ0) is 17.2. The molecule has 0 aliphatic carbocycles. The maximum Gasteiger partial charge on any atom is 0.126 e. The molecule has 3 heteroatoms. The third-order valence-corrected chi connectivity index (χ3v) is 3.98. The standard InChI is InChI=1S/C21H24N2O/c1-3-23(4-2)14-15-24-21-13-9-8-12-19(21)16-20(17-22)18-10-6-5-7-11-18/h5-13,16H,3-4,14-15H2,1-2H3/b20-16+. The third kappa shape index (κ3) is 4.97. The van der Waals surface area contributed by atoms with Crippen LogP contribution in [0.3, 0.4) is 0 Å². The van der Waals surface area contributed by atoms with Crippen LogP contribution in [0.2, 0.25) is 0 Å². The summed E-state index contributed by atoms with van der Waals surface area (Å²) in [5.41, 5.74) is 2.48. The minimum absolute atomic E-state index is 0.635. The van der Waals surface area contributed by atoms with E-state index in [1.165, 1.54) is 0 Å². The van der Waals surface area contributed by atoms with Gasteiger partial charge in [0.25, 0.3) is 0 Å². The first-order valence-electron chi connectivity index (χ1n) is 8.39. The van der Waals surface area contributed by atoms with Gasteiger partial charge in [0, 0.05) is 12.1 Å². The summed E-state index contributed by atoms with van der Waals surface area (Å²) in [6.07, 6.45) is 1.89. The number of nitrogens with zero attached hydrogens (tertiary/aromatic N) is 2. The quantitative estimate of drug-likeness (QED) is 0.532. The van der Waals surface area contributed by atoms with Gasteiger partial charge in [-0.05, 0) is 30.8 Å². The van der Waals surface area contributed by atoms with E-state index in [9.17, 15) is 5.26 Å². The molecule has 2 aromatic rings. The molecule has 0 radical (unpaired) electrons. The predicted octanol–water partition coefficient (Wildman–Crippen LogP) is 4.47. The van der Waals surface area contributed by atoms with Gasteiger partial charge in [-0.3, -0.25) is 0 Å². The van der Waals surface area contributed by atoms with Crippen LogP contribution in [0.15, 0.2) is 54.6 Å². The number of nitriles is 1. The summed E-state index contributed by atoms with van der Waals surface area (Å²) in [5.74, 6) is 0.813. The molecule has 0 saturated carbocycles. The zero-order valence-corrected chi connectivity index (χ0v) is 14.4. The van der Waals surface area contributed by atoms with Crippen LogP contribution in [-0.2, 0) is 0 Å². The van der Waals surface area contributed by atoms with Gasteiger partial charge < -0.3 is 9.64 Å². The maximum absolute atomic E-state index is 9.48. The van der Waals surface area contributed by atoms with E-state index in [4.69, 9.17) is 4.74 Å². The number of allylic oxidation sites excluding steroid dienone is 1. The van der Waals surface area contributed by atoms with Crippen molar-refractivity contribution in [3.63, 3.8) is 0 Å². The van der Waals surface area contributed by atoms with Gasteiger partial charge in [0.2, 0.25) is 0 Å². The summed E-state index contributed by atoms with van der Waals surface area (Å²) < 4.78 is 5.96. The molecule has 124 valence electrons. The Bertz CT molecular complexity index is 697. The summed E-state index contributed by atoms with van der Waals surface area (Å²) in [5, 5.41) is 9.48. The predicted molar refractivity (Wildman–Crippen MR) is 99.7 cm³/mol. The lowest BCUT2D eigenvalue weighted by atomic mass is 10.0. The van der Waals surface area contributed by atoms with Crippen molar-refractivity contribution in [2.24, 2.45) is 0 Å². The van der Waals surface area contributed by atoms with Gasteiger partial charge in [-0.2, -0.15) is 5.26 Å². The van der Waals surface area contributed by atoms with Gasteiger partial charge in [-0.1, -0.05) is 62.4 Å². The first kappa shape index (κ1) is 17.8. The first-order valence-corrected chi connectivity index (χ1v) is 8.39. The molecule has 0 aliphatic rings. The minimum atomic E-state index is 0.635. The number of likely N-dealkylation sites (N-methyl/N-ethyl adjacent to an activating group) is 1. The van der Waals surface area contributed by atoms with E-state index in [-0.39, 0.29) is 0 Å². The molecular formula is C21H24N2O. The summed E-state index contributed by atoms with van der Waals surface area (Å²) in [6, 6.07) is 19.8. The average Bonchev–Trinajstić information content (AvgIpc) is 2.65. The van der Waals surface area contributed by atoms with Crippen molar-refractivity contribution in [1.29, 1.82) is 5.26 Å². The van der Waals surface area contributed by atoms with Crippen molar-refractivity contribution in [2.75, 3.05) is 26.2 Å². The molecule has 2 aromatic carbocycles. The average molecular weight is 320 g/mol. The van der Waals surface area contributed by atoms with Crippen molar-refractivity contribution in [3.8, 4) is 11.8 Å². The van der Waals surface area contributed by atoms with E-state index in [1.807, 2.05) is 60.7 Å². The Hall–Kier alpha value is -2.57. The van der Waals surface area contributed by atoms with Crippen molar-refractivity contribution in [2.45, 2.75) is 13.8 Å². The highest BCUT2D eigenvalue weighted by atomic mass is 16.5. The molecule has 0 N–H and O–H groups in total. The Balaban J connectivity index is 2.16. The molecule has 0 spiro atoms. The fourth-order valence-corrected chi connectivity index (χ4v) is 2.51. The zero-order valence-electron chi connectivity index (χ0n) is 14.4. The number of ether oxygens (including phenoxy) is 1. The SMILES string of the molecule is CCN(CC)CCOc1ccccc1/C=C(\C#N)c1ccccc1. The normalized spacial score (nSPS) is 11.3. The van der Waals surface area contributed by atoms with Gasteiger partial charge in [0.15, 0.2) is 0 Å². The molecule has 0 aromatic heterocycles. The molecule has 0 aliphatic heterocycles. The molecular weight excluding hydrogens is 296 g/mol. The summed E-state index contributed by atoms with van der Waals surface area (Å²) in [4.78, 5) is 2.32. The third-order valence-electron chi connectivity index (χ3n) is 3.98. The van der Waals surface area contributed by atoms with Gasteiger partial charge in [0.05, 0.1) is 11.6 Å². The Morgan fingerprint density at radius 2 is 1.71 bits per heavy atom. The molecule has 0 amide bonds. The van der Waals surface area contributed by atoms with Crippen LogP contribution in [0.5, 0.6) is 5.75 Å². The van der Waals surface area contributed by atoms with E-state index in [1.54, 1.807) is 0 Å². The highest BCUT2D eigenvalue weighted by Crippen LogP contribution is 2.24. The van der Waals surface area contributed by atoms with Gasteiger partial charge in [-0.15, -0.1) is 0 Å². The highest BCUT2D eigenvalue weighted by molar-refractivity contribution is 5.90. The summed E-state index contributed by atoms with van der Waals surface area (Å²) >= 11 is 0. The fraction of sp³-hybridized carbons (Fsp3) is 0.286. The minimum Gasteiger partial charge on any atom is -0.492 e. The Morgan fingerprint density at radius 1 is 1.04 bits per heavy atom. The van der Waals surface area contributed by atoms with Crippen LogP contribution in [0, 0.1) is 11.3 Å². The van der Waals surface area contributed by atoms with E-state index < -0.39 is 0 Å². The van der Waals surface area contributed by atoms with Crippen LogP contribution in [-0.4, -0.2) is 31.1 Å². The Morgan fingerprint density at radius 3 is 2.38 bits per heavy atom. The fourth-order valence-electron chi connectivity index (χ4n) is 2.51. The monoisotopic (exact) mass is 320 g/mol. The topological polar surface area (TPSA) is 36.3 Å². The van der Waals surface area contributed by atoms with Crippen LogP contribution in [0.25, 0.3) is 11.6 Å². The lowest BCUT2D eigenvalue weighted by Gasteiger charge is -2.18. The Labute approximate surface area is 144 Å². The second-order valence-corrected chi connectivity index (χ2v) is 5.45. The number of hydrogen-bond acceptors (Lipinski definition) is 3. The van der Waals surface area contributed by atoms with E-state index >= 15 is 0 Å². The number of hydrogen-bond donors (Lipinski definition) is 0. The van der Waals surface area contributed by atoms with E-state index in [0.29, 0.717) is 12.2 Å². The summed E-state index contributed by atoms with van der Waals surface area (Å²) in [7, 11) is 0.